The van der Waals surface area contributed by atoms with E-state index in [4.69, 9.17) is 4.74 Å². The van der Waals surface area contributed by atoms with Crippen LogP contribution in [0.1, 0.15) is 57.6 Å². The summed E-state index contributed by atoms with van der Waals surface area (Å²) in [6, 6.07) is 5.01. The quantitative estimate of drug-likeness (QED) is 0.714. The maximum absolute atomic E-state index is 12.7. The first-order valence-corrected chi connectivity index (χ1v) is 11.3. The number of carbonyl (C=O) groups excluding carboxylic acids is 2. The summed E-state index contributed by atoms with van der Waals surface area (Å²) in [5, 5.41) is 4.54. The molecule has 0 spiro atoms. The minimum absolute atomic E-state index is 0.00282. The third-order valence-electron chi connectivity index (χ3n) is 6.75. The Kier molecular flexibility index (Phi) is 4.99. The van der Waals surface area contributed by atoms with Crippen LogP contribution >= 0.6 is 0 Å². The smallest absolute Gasteiger partial charge is 0.260 e. The third kappa shape index (κ3) is 3.82. The number of nitrogens with zero attached hydrogens (tertiary/aromatic N) is 4. The molecule has 0 N–H and O–H groups in total. The molecule has 1 aliphatic heterocycles. The Hall–Kier alpha value is -2.83. The maximum Gasteiger partial charge on any atom is 0.260 e. The first kappa shape index (κ1) is 20.1. The van der Waals surface area contributed by atoms with Crippen molar-refractivity contribution in [3.63, 3.8) is 0 Å². The van der Waals surface area contributed by atoms with Crippen LogP contribution in [0.4, 0.5) is 5.69 Å². The Morgan fingerprint density at radius 2 is 1.97 bits per heavy atom. The van der Waals surface area contributed by atoms with Crippen LogP contribution in [0.3, 0.4) is 0 Å². The molecule has 31 heavy (non-hydrogen) atoms. The number of fused-ring (bicyclic) bond motifs is 1. The summed E-state index contributed by atoms with van der Waals surface area (Å²) in [5.74, 6) is 0.731. The minimum atomic E-state index is -0.00710. The summed E-state index contributed by atoms with van der Waals surface area (Å²) < 4.78 is 8.26. The lowest BCUT2D eigenvalue weighted by Crippen LogP contribution is -2.41. The van der Waals surface area contributed by atoms with Gasteiger partial charge in [-0.05, 0) is 57.6 Å². The molecule has 1 atom stereocenters. The van der Waals surface area contributed by atoms with Crippen LogP contribution in [0.15, 0.2) is 24.5 Å². The van der Waals surface area contributed by atoms with Gasteiger partial charge >= 0.3 is 0 Å². The Labute approximate surface area is 183 Å². The first-order valence-electron chi connectivity index (χ1n) is 11.3. The summed E-state index contributed by atoms with van der Waals surface area (Å²) in [5.41, 5.74) is 3.82. The molecule has 2 fully saturated rings. The lowest BCUT2D eigenvalue weighted by Gasteiger charge is -2.36. The molecule has 2 saturated carbocycles. The van der Waals surface area contributed by atoms with Gasteiger partial charge in [0.05, 0.1) is 17.9 Å². The highest BCUT2D eigenvalue weighted by Gasteiger charge is 2.32. The zero-order chi connectivity index (χ0) is 21.7. The van der Waals surface area contributed by atoms with E-state index in [0.717, 1.165) is 48.1 Å². The van der Waals surface area contributed by atoms with Crippen LogP contribution in [-0.4, -0.2) is 52.2 Å². The molecule has 5 rings (SSSR count). The second-order valence-electron chi connectivity index (χ2n) is 9.18. The zero-order valence-electron chi connectivity index (χ0n) is 18.5. The number of carbonyl (C=O) groups is 2. The molecule has 2 heterocycles. The van der Waals surface area contributed by atoms with Crippen molar-refractivity contribution >= 4 is 17.5 Å². The van der Waals surface area contributed by atoms with Crippen LogP contribution in [0.25, 0.3) is 11.1 Å². The summed E-state index contributed by atoms with van der Waals surface area (Å²) in [4.78, 5) is 28.7. The Bertz CT molecular complexity index is 1020. The Balaban J connectivity index is 1.52. The topological polar surface area (TPSA) is 67.7 Å². The monoisotopic (exact) mass is 422 g/mol. The second-order valence-corrected chi connectivity index (χ2v) is 9.18. The van der Waals surface area contributed by atoms with Gasteiger partial charge < -0.3 is 14.5 Å². The van der Waals surface area contributed by atoms with Gasteiger partial charge in [-0.15, -0.1) is 0 Å². The first-order chi connectivity index (χ1) is 14.9. The van der Waals surface area contributed by atoms with E-state index in [2.05, 4.69) is 18.2 Å². The fourth-order valence-electron chi connectivity index (χ4n) is 4.59. The van der Waals surface area contributed by atoms with E-state index in [1.54, 1.807) is 11.8 Å². The molecule has 7 nitrogen and oxygen atoms in total. The molecular formula is C24H30N4O3. The van der Waals surface area contributed by atoms with Gasteiger partial charge in [0.25, 0.3) is 5.91 Å². The van der Waals surface area contributed by atoms with E-state index in [1.165, 1.54) is 12.8 Å². The fourth-order valence-corrected chi connectivity index (χ4v) is 4.59. The van der Waals surface area contributed by atoms with Gasteiger partial charge in [-0.25, -0.2) is 0 Å². The average Bonchev–Trinajstić information content (AvgIpc) is 3.69. The number of benzene rings is 1. The van der Waals surface area contributed by atoms with Crippen molar-refractivity contribution in [2.24, 2.45) is 0 Å². The normalized spacial score (nSPS) is 20.4. The number of ether oxygens (including phenoxy) is 1. The number of aromatic nitrogens is 2. The van der Waals surface area contributed by atoms with Crippen molar-refractivity contribution in [3.8, 4) is 16.9 Å². The highest BCUT2D eigenvalue weighted by atomic mass is 16.5. The van der Waals surface area contributed by atoms with E-state index in [-0.39, 0.29) is 24.5 Å². The van der Waals surface area contributed by atoms with Crippen molar-refractivity contribution in [2.45, 2.75) is 70.5 Å². The van der Waals surface area contributed by atoms with Crippen molar-refractivity contribution < 1.29 is 14.3 Å². The van der Waals surface area contributed by atoms with Crippen LogP contribution < -0.4 is 9.64 Å². The molecule has 0 saturated heterocycles. The van der Waals surface area contributed by atoms with E-state index < -0.39 is 0 Å². The number of rotatable bonds is 6. The van der Waals surface area contributed by atoms with E-state index in [9.17, 15) is 9.59 Å². The van der Waals surface area contributed by atoms with E-state index >= 15 is 0 Å². The van der Waals surface area contributed by atoms with Gasteiger partial charge in [-0.2, -0.15) is 5.10 Å². The Morgan fingerprint density at radius 1 is 1.19 bits per heavy atom. The predicted octanol–water partition coefficient (Wildman–Crippen LogP) is 3.57. The number of likely N-dealkylation sites (N-methyl/N-ethyl adjacent to an activating group) is 1. The Morgan fingerprint density at radius 3 is 2.65 bits per heavy atom. The number of amides is 2. The minimum Gasteiger partial charge on any atom is -0.483 e. The SMILES string of the molecule is CC(=O)N1c2ccc(-c3cnn(C4CC4)c3)c(OCC(=O)N(C)C3CC3)c2CC[C@@H]1C. The molecule has 0 unspecified atom stereocenters. The van der Waals surface area contributed by atoms with Crippen molar-refractivity contribution in [2.75, 3.05) is 18.6 Å². The molecule has 1 aromatic heterocycles. The molecule has 164 valence electrons. The van der Waals surface area contributed by atoms with Crippen LogP contribution in [0.5, 0.6) is 5.75 Å². The van der Waals surface area contributed by atoms with Gasteiger partial charge in [-0.1, -0.05) is 0 Å². The van der Waals surface area contributed by atoms with E-state index in [1.807, 2.05) is 35.0 Å². The van der Waals surface area contributed by atoms with Gasteiger partial charge in [0.1, 0.15) is 5.75 Å². The fraction of sp³-hybridized carbons (Fsp3) is 0.542. The van der Waals surface area contributed by atoms with Gasteiger partial charge in [0, 0.05) is 48.9 Å². The molecule has 3 aliphatic rings. The molecule has 2 amide bonds. The molecule has 0 radical (unpaired) electrons. The molecule has 2 aliphatic carbocycles. The number of anilines is 1. The molecule has 7 heteroatoms. The average molecular weight is 423 g/mol. The van der Waals surface area contributed by atoms with Gasteiger partial charge in [0.2, 0.25) is 5.91 Å². The lowest BCUT2D eigenvalue weighted by atomic mass is 9.92. The number of hydrogen-bond acceptors (Lipinski definition) is 4. The summed E-state index contributed by atoms with van der Waals surface area (Å²) >= 11 is 0. The van der Waals surface area contributed by atoms with Gasteiger partial charge in [-0.3, -0.25) is 14.3 Å². The van der Waals surface area contributed by atoms with Crippen LogP contribution in [0, 0.1) is 0 Å². The zero-order valence-corrected chi connectivity index (χ0v) is 18.5. The third-order valence-corrected chi connectivity index (χ3v) is 6.75. The van der Waals surface area contributed by atoms with Crippen molar-refractivity contribution in [3.05, 3.63) is 30.1 Å². The second kappa shape index (κ2) is 7.70. The van der Waals surface area contributed by atoms with Gasteiger partial charge in [0.15, 0.2) is 6.61 Å². The van der Waals surface area contributed by atoms with Crippen molar-refractivity contribution in [1.82, 2.24) is 14.7 Å². The highest BCUT2D eigenvalue weighted by Crippen LogP contribution is 2.44. The van der Waals surface area contributed by atoms with Crippen LogP contribution in [-0.2, 0) is 16.0 Å². The highest BCUT2D eigenvalue weighted by molar-refractivity contribution is 5.95. The van der Waals surface area contributed by atoms with E-state index in [0.29, 0.717) is 17.8 Å². The summed E-state index contributed by atoms with van der Waals surface area (Å²) in [6.45, 7) is 3.68. The summed E-state index contributed by atoms with van der Waals surface area (Å²) in [7, 11) is 1.85. The maximum atomic E-state index is 12.7. The molecule has 0 bridgehead atoms. The van der Waals surface area contributed by atoms with Crippen molar-refractivity contribution in [1.29, 1.82) is 0 Å². The number of hydrogen-bond donors (Lipinski definition) is 0. The molecule has 2 aromatic rings. The van der Waals surface area contributed by atoms with Crippen LogP contribution in [0.2, 0.25) is 0 Å². The lowest BCUT2D eigenvalue weighted by molar-refractivity contribution is -0.132. The summed E-state index contributed by atoms with van der Waals surface area (Å²) in [6.07, 6.45) is 10.1. The largest absolute Gasteiger partial charge is 0.483 e. The molecule has 1 aromatic carbocycles. The molecular weight excluding hydrogens is 392 g/mol. The predicted molar refractivity (Wildman–Crippen MR) is 118 cm³/mol. The standard InChI is InChI=1S/C24H30N4O3/c1-15-4-9-21-22(28(15)16(2)29)11-10-20(17-12-25-27(13-17)19-7-8-19)24(21)31-14-23(30)26(3)18-5-6-18/h10-13,15,18-19H,4-9,14H2,1-3H3/t15-/m0/s1.